The lowest BCUT2D eigenvalue weighted by Gasteiger charge is -2.14. The summed E-state index contributed by atoms with van der Waals surface area (Å²) in [6, 6.07) is 18.7. The van der Waals surface area contributed by atoms with E-state index < -0.39 is 0 Å². The lowest BCUT2D eigenvalue weighted by Crippen LogP contribution is -2.37. The lowest BCUT2D eigenvalue weighted by atomic mass is 10.1. The third kappa shape index (κ3) is 6.98. The number of hydrogen-bond donors (Lipinski definition) is 2. The molecule has 2 aromatic carbocycles. The molecule has 0 saturated heterocycles. The molecule has 0 amide bonds. The van der Waals surface area contributed by atoms with E-state index in [4.69, 9.17) is 4.74 Å². The fourth-order valence-corrected chi connectivity index (χ4v) is 2.47. The van der Waals surface area contributed by atoms with Gasteiger partial charge in [-0.15, -0.1) is 0 Å². The van der Waals surface area contributed by atoms with Gasteiger partial charge in [0.15, 0.2) is 5.96 Å². The van der Waals surface area contributed by atoms with E-state index in [1.54, 1.807) is 0 Å². The van der Waals surface area contributed by atoms with E-state index in [1.165, 1.54) is 16.7 Å². The highest BCUT2D eigenvalue weighted by Gasteiger charge is 2.04. The summed E-state index contributed by atoms with van der Waals surface area (Å²) < 4.78 is 5.70. The van der Waals surface area contributed by atoms with Gasteiger partial charge in [-0.3, -0.25) is 0 Å². The molecule has 4 nitrogen and oxygen atoms in total. The Kier molecular flexibility index (Phi) is 8.56. The van der Waals surface area contributed by atoms with Crippen molar-refractivity contribution in [1.29, 1.82) is 0 Å². The minimum atomic E-state index is 0.656. The molecule has 0 atom stereocenters. The number of rotatable bonds is 9. The first-order chi connectivity index (χ1) is 12.3. The lowest BCUT2D eigenvalue weighted by molar-refractivity contribution is 0.121. The molecule has 0 aromatic heterocycles. The second-order valence-electron chi connectivity index (χ2n) is 5.86. The van der Waals surface area contributed by atoms with Crippen LogP contribution >= 0.6 is 0 Å². The quantitative estimate of drug-likeness (QED) is 0.414. The van der Waals surface area contributed by atoms with Gasteiger partial charge in [-0.25, -0.2) is 4.99 Å². The van der Waals surface area contributed by atoms with Crippen LogP contribution in [0.2, 0.25) is 0 Å². The average molecular weight is 339 g/mol. The number of hydrogen-bond acceptors (Lipinski definition) is 2. The number of nitrogens with zero attached hydrogens (tertiary/aromatic N) is 1. The zero-order valence-corrected chi connectivity index (χ0v) is 15.3. The Morgan fingerprint density at radius 3 is 2.36 bits per heavy atom. The van der Waals surface area contributed by atoms with Crippen LogP contribution in [0.3, 0.4) is 0 Å². The number of ether oxygens (including phenoxy) is 1. The van der Waals surface area contributed by atoms with Crippen molar-refractivity contribution in [2.75, 3.05) is 13.2 Å². The van der Waals surface area contributed by atoms with Crippen molar-refractivity contribution in [2.45, 2.75) is 40.0 Å². The van der Waals surface area contributed by atoms with Gasteiger partial charge in [-0.2, -0.15) is 0 Å². The molecular formula is C21H29N3O. The Labute approximate surface area is 151 Å². The Morgan fingerprint density at radius 1 is 0.920 bits per heavy atom. The largest absolute Gasteiger partial charge is 0.377 e. The maximum Gasteiger partial charge on any atom is 0.191 e. The Morgan fingerprint density at radius 2 is 1.64 bits per heavy atom. The second kappa shape index (κ2) is 11.3. The van der Waals surface area contributed by atoms with E-state index in [2.05, 4.69) is 65.9 Å². The summed E-state index contributed by atoms with van der Waals surface area (Å²) in [5.74, 6) is 0.829. The van der Waals surface area contributed by atoms with Gasteiger partial charge in [0.2, 0.25) is 0 Å². The fraction of sp³-hybridized carbons (Fsp3) is 0.381. The van der Waals surface area contributed by atoms with Crippen LogP contribution in [-0.2, 0) is 24.4 Å². The normalized spacial score (nSPS) is 11.4. The summed E-state index contributed by atoms with van der Waals surface area (Å²) in [6.07, 6.45) is 1.04. The summed E-state index contributed by atoms with van der Waals surface area (Å²) >= 11 is 0. The molecule has 25 heavy (non-hydrogen) atoms. The van der Waals surface area contributed by atoms with Gasteiger partial charge in [0, 0.05) is 19.7 Å². The first-order valence-electron chi connectivity index (χ1n) is 9.04. The fourth-order valence-electron chi connectivity index (χ4n) is 2.47. The minimum Gasteiger partial charge on any atom is -0.377 e. The van der Waals surface area contributed by atoms with Gasteiger partial charge in [-0.05, 0) is 30.0 Å². The van der Waals surface area contributed by atoms with Crippen molar-refractivity contribution >= 4 is 5.96 Å². The summed E-state index contributed by atoms with van der Waals surface area (Å²) in [6.45, 7) is 7.88. The maximum absolute atomic E-state index is 5.70. The number of guanidine groups is 1. The molecular weight excluding hydrogens is 310 g/mol. The monoisotopic (exact) mass is 339 g/mol. The molecule has 0 aliphatic rings. The first kappa shape index (κ1) is 19.0. The molecule has 2 N–H and O–H groups in total. The molecule has 134 valence electrons. The van der Waals surface area contributed by atoms with E-state index in [9.17, 15) is 0 Å². The molecule has 0 fully saturated rings. The van der Waals surface area contributed by atoms with Crippen LogP contribution in [0, 0.1) is 0 Å². The number of nitrogens with one attached hydrogen (secondary N) is 2. The molecule has 0 heterocycles. The molecule has 2 aromatic rings. The van der Waals surface area contributed by atoms with E-state index in [1.807, 2.05) is 18.2 Å². The number of benzene rings is 2. The average Bonchev–Trinajstić information content (AvgIpc) is 2.66. The zero-order chi connectivity index (χ0) is 17.7. The van der Waals surface area contributed by atoms with Crippen LogP contribution in [0.5, 0.6) is 0 Å². The van der Waals surface area contributed by atoms with Gasteiger partial charge in [0.25, 0.3) is 0 Å². The summed E-state index contributed by atoms with van der Waals surface area (Å²) in [5.41, 5.74) is 3.67. The second-order valence-corrected chi connectivity index (χ2v) is 5.86. The highest BCUT2D eigenvalue weighted by atomic mass is 16.5. The molecule has 0 radical (unpaired) electrons. The molecule has 4 heteroatoms. The van der Waals surface area contributed by atoms with E-state index >= 15 is 0 Å². The summed E-state index contributed by atoms with van der Waals surface area (Å²) in [4.78, 5) is 4.67. The van der Waals surface area contributed by atoms with Crippen molar-refractivity contribution in [3.05, 3.63) is 71.3 Å². The van der Waals surface area contributed by atoms with E-state index in [0.717, 1.165) is 32.1 Å². The third-order valence-electron chi connectivity index (χ3n) is 3.78. The number of aliphatic imine (C=N–C) groups is 1. The van der Waals surface area contributed by atoms with Gasteiger partial charge in [0.05, 0.1) is 13.2 Å². The topological polar surface area (TPSA) is 45.6 Å². The van der Waals surface area contributed by atoms with Crippen molar-refractivity contribution in [3.8, 4) is 0 Å². The predicted octanol–water partition coefficient (Wildman–Crippen LogP) is 3.87. The third-order valence-corrected chi connectivity index (χ3v) is 3.78. The van der Waals surface area contributed by atoms with Crippen LogP contribution in [0.25, 0.3) is 0 Å². The predicted molar refractivity (Wildman–Crippen MR) is 104 cm³/mol. The van der Waals surface area contributed by atoms with Crippen LogP contribution in [0.1, 0.15) is 37.0 Å². The van der Waals surface area contributed by atoms with Crippen LogP contribution in [0.4, 0.5) is 0 Å². The summed E-state index contributed by atoms with van der Waals surface area (Å²) in [5, 5.41) is 6.72. The zero-order valence-electron chi connectivity index (χ0n) is 15.3. The van der Waals surface area contributed by atoms with Gasteiger partial charge in [-0.1, -0.05) is 61.5 Å². The highest BCUT2D eigenvalue weighted by Crippen LogP contribution is 2.10. The smallest absolute Gasteiger partial charge is 0.191 e. The highest BCUT2D eigenvalue weighted by molar-refractivity contribution is 5.79. The van der Waals surface area contributed by atoms with Crippen molar-refractivity contribution in [3.63, 3.8) is 0 Å². The molecule has 0 unspecified atom stereocenters. The van der Waals surface area contributed by atoms with Crippen LogP contribution < -0.4 is 10.6 Å². The summed E-state index contributed by atoms with van der Waals surface area (Å²) in [7, 11) is 0. The standard InChI is InChI=1S/C21H29N3O/c1-3-14-25-17-20-13-9-8-12-19(20)16-24-21(22-4-2)23-15-18-10-6-5-7-11-18/h5-13H,3-4,14-17H2,1-2H3,(H2,22,23,24). The molecule has 2 rings (SSSR count). The van der Waals surface area contributed by atoms with E-state index in [0.29, 0.717) is 13.2 Å². The van der Waals surface area contributed by atoms with Gasteiger partial charge in [0.1, 0.15) is 0 Å². The molecule has 0 bridgehead atoms. The molecule has 0 saturated carbocycles. The van der Waals surface area contributed by atoms with Crippen molar-refractivity contribution in [2.24, 2.45) is 4.99 Å². The first-order valence-corrected chi connectivity index (χ1v) is 9.04. The van der Waals surface area contributed by atoms with E-state index in [-0.39, 0.29) is 0 Å². The Bertz CT molecular complexity index is 641. The van der Waals surface area contributed by atoms with Crippen LogP contribution in [0.15, 0.2) is 59.6 Å². The molecule has 0 spiro atoms. The van der Waals surface area contributed by atoms with Crippen LogP contribution in [-0.4, -0.2) is 19.1 Å². The van der Waals surface area contributed by atoms with Crippen molar-refractivity contribution < 1.29 is 4.74 Å². The maximum atomic E-state index is 5.70. The molecule has 0 aliphatic carbocycles. The SMILES string of the molecule is CCCOCc1ccccc1CNC(=NCc1ccccc1)NCC. The van der Waals surface area contributed by atoms with Gasteiger partial charge >= 0.3 is 0 Å². The van der Waals surface area contributed by atoms with Crippen molar-refractivity contribution in [1.82, 2.24) is 10.6 Å². The minimum absolute atomic E-state index is 0.656. The Balaban J connectivity index is 1.96. The Hall–Kier alpha value is -2.33. The molecule has 0 aliphatic heterocycles. The van der Waals surface area contributed by atoms with Gasteiger partial charge < -0.3 is 15.4 Å².